The number of fused-ring (bicyclic) bond motifs is 1. The molecular weight excluding hydrogens is 462 g/mol. The largest absolute Gasteiger partial charge is 0.496 e. The topological polar surface area (TPSA) is 91.0 Å². The molecule has 0 bridgehead atoms. The molecule has 0 saturated carbocycles. The first-order valence-electron chi connectivity index (χ1n) is 11.4. The van der Waals surface area contributed by atoms with E-state index in [2.05, 4.69) is 10.4 Å². The lowest BCUT2D eigenvalue weighted by atomic mass is 10.1. The number of carbonyl (C=O) groups is 1. The fourth-order valence-corrected chi connectivity index (χ4v) is 4.75. The molecular formula is C26H29N5O3S. The summed E-state index contributed by atoms with van der Waals surface area (Å²) in [5.41, 5.74) is 5.20. The smallest absolute Gasteiger partial charge is 0.280 e. The average Bonchev–Trinajstić information content (AvgIpc) is 3.17. The number of benzene rings is 2. The van der Waals surface area contributed by atoms with Crippen LogP contribution in [0.25, 0.3) is 11.0 Å². The highest BCUT2D eigenvalue weighted by molar-refractivity contribution is 7.99. The van der Waals surface area contributed by atoms with Crippen molar-refractivity contribution in [2.45, 2.75) is 45.9 Å². The monoisotopic (exact) mass is 491 g/mol. The molecule has 2 aromatic heterocycles. The van der Waals surface area contributed by atoms with Gasteiger partial charge in [0.2, 0.25) is 5.91 Å². The second-order valence-corrected chi connectivity index (χ2v) is 9.29. The van der Waals surface area contributed by atoms with Gasteiger partial charge in [-0.05, 0) is 51.0 Å². The summed E-state index contributed by atoms with van der Waals surface area (Å²) in [5, 5.41) is 7.92. The molecule has 0 aliphatic carbocycles. The Morgan fingerprint density at radius 1 is 1.14 bits per heavy atom. The van der Waals surface area contributed by atoms with Crippen LogP contribution < -0.4 is 15.6 Å². The maximum atomic E-state index is 13.7. The Hall–Kier alpha value is -3.59. The number of nitrogens with one attached hydrogen (secondary N) is 1. The molecule has 2 aromatic carbocycles. The van der Waals surface area contributed by atoms with Crippen LogP contribution in [0.2, 0.25) is 0 Å². The number of aryl methyl sites for hydroxylation is 4. The molecule has 0 fully saturated rings. The Balaban J connectivity index is 1.70. The van der Waals surface area contributed by atoms with Gasteiger partial charge in [-0.15, -0.1) is 0 Å². The third-order valence-electron chi connectivity index (χ3n) is 5.80. The maximum absolute atomic E-state index is 13.7. The predicted molar refractivity (Wildman–Crippen MR) is 140 cm³/mol. The van der Waals surface area contributed by atoms with Gasteiger partial charge in [0, 0.05) is 17.8 Å². The number of rotatable bonds is 8. The highest BCUT2D eigenvalue weighted by Crippen LogP contribution is 2.24. The van der Waals surface area contributed by atoms with Crippen LogP contribution in [-0.2, 0) is 17.9 Å². The van der Waals surface area contributed by atoms with E-state index in [0.717, 1.165) is 22.4 Å². The van der Waals surface area contributed by atoms with Crippen molar-refractivity contribution in [1.29, 1.82) is 0 Å². The van der Waals surface area contributed by atoms with Crippen molar-refractivity contribution >= 4 is 34.4 Å². The summed E-state index contributed by atoms with van der Waals surface area (Å²) < 4.78 is 8.78. The number of hydrogen-bond donors (Lipinski definition) is 1. The van der Waals surface area contributed by atoms with Gasteiger partial charge in [-0.25, -0.2) is 4.98 Å². The fraction of sp³-hybridized carbons (Fsp3) is 0.308. The quantitative estimate of drug-likeness (QED) is 0.292. The molecule has 0 spiro atoms. The summed E-state index contributed by atoms with van der Waals surface area (Å²) in [7, 11) is 1.60. The van der Waals surface area contributed by atoms with Crippen molar-refractivity contribution in [2.24, 2.45) is 0 Å². The number of methoxy groups -OCH3 is 1. The predicted octanol–water partition coefficient (Wildman–Crippen LogP) is 4.33. The first kappa shape index (κ1) is 24.5. The minimum Gasteiger partial charge on any atom is -0.496 e. The minimum atomic E-state index is -0.194. The summed E-state index contributed by atoms with van der Waals surface area (Å²) >= 11 is 1.23. The van der Waals surface area contributed by atoms with Gasteiger partial charge in [-0.2, -0.15) is 5.10 Å². The summed E-state index contributed by atoms with van der Waals surface area (Å²) in [6, 6.07) is 13.5. The lowest BCUT2D eigenvalue weighted by Crippen LogP contribution is -2.26. The van der Waals surface area contributed by atoms with Gasteiger partial charge < -0.3 is 10.1 Å². The summed E-state index contributed by atoms with van der Waals surface area (Å²) in [4.78, 5) is 31.3. The molecule has 182 valence electrons. The maximum Gasteiger partial charge on any atom is 0.280 e. The van der Waals surface area contributed by atoms with Crippen LogP contribution in [-0.4, -0.2) is 38.1 Å². The second kappa shape index (κ2) is 10.4. The SMILES string of the molecule is CCn1nc(C)c2nc(SCC(=O)Nc3cc(C)ccc3C)n(Cc3ccccc3OC)c(=O)c21. The normalized spacial score (nSPS) is 11.1. The zero-order valence-electron chi connectivity index (χ0n) is 20.6. The molecule has 2 heterocycles. The van der Waals surface area contributed by atoms with E-state index in [1.807, 2.05) is 70.2 Å². The zero-order valence-corrected chi connectivity index (χ0v) is 21.4. The molecule has 35 heavy (non-hydrogen) atoms. The first-order chi connectivity index (χ1) is 16.8. The molecule has 4 rings (SSSR count). The van der Waals surface area contributed by atoms with E-state index >= 15 is 0 Å². The highest BCUT2D eigenvalue weighted by atomic mass is 32.2. The molecule has 8 nitrogen and oxygen atoms in total. The Morgan fingerprint density at radius 3 is 2.66 bits per heavy atom. The van der Waals surface area contributed by atoms with Crippen LogP contribution in [0.5, 0.6) is 5.75 Å². The van der Waals surface area contributed by atoms with Gasteiger partial charge in [0.1, 0.15) is 11.3 Å². The fourth-order valence-electron chi connectivity index (χ4n) is 3.96. The molecule has 9 heteroatoms. The van der Waals surface area contributed by atoms with Crippen molar-refractivity contribution in [3.63, 3.8) is 0 Å². The molecule has 0 unspecified atom stereocenters. The van der Waals surface area contributed by atoms with E-state index < -0.39 is 0 Å². The van der Waals surface area contributed by atoms with Crippen molar-refractivity contribution in [3.8, 4) is 5.75 Å². The van der Waals surface area contributed by atoms with E-state index in [1.54, 1.807) is 16.4 Å². The highest BCUT2D eigenvalue weighted by Gasteiger charge is 2.20. The van der Waals surface area contributed by atoms with Gasteiger partial charge in [0.05, 0.1) is 25.1 Å². The van der Waals surface area contributed by atoms with E-state index in [9.17, 15) is 9.59 Å². The van der Waals surface area contributed by atoms with Gasteiger partial charge in [0.15, 0.2) is 10.7 Å². The number of amides is 1. The average molecular weight is 492 g/mol. The molecule has 1 N–H and O–H groups in total. The van der Waals surface area contributed by atoms with Crippen LogP contribution in [0, 0.1) is 20.8 Å². The second-order valence-electron chi connectivity index (χ2n) is 8.35. The third-order valence-corrected chi connectivity index (χ3v) is 6.78. The van der Waals surface area contributed by atoms with Crippen LogP contribution in [0.15, 0.2) is 52.4 Å². The van der Waals surface area contributed by atoms with Crippen molar-refractivity contribution in [3.05, 3.63) is 75.2 Å². The van der Waals surface area contributed by atoms with Crippen LogP contribution >= 0.6 is 11.8 Å². The number of para-hydroxylation sites is 1. The Morgan fingerprint density at radius 2 is 1.91 bits per heavy atom. The number of hydrogen-bond acceptors (Lipinski definition) is 6. The van der Waals surface area contributed by atoms with Crippen LogP contribution in [0.1, 0.15) is 29.3 Å². The van der Waals surface area contributed by atoms with E-state index in [4.69, 9.17) is 9.72 Å². The molecule has 0 aliphatic rings. The molecule has 0 saturated heterocycles. The van der Waals surface area contributed by atoms with E-state index in [1.165, 1.54) is 11.8 Å². The minimum absolute atomic E-state index is 0.109. The number of nitrogens with zero attached hydrogens (tertiary/aromatic N) is 4. The molecule has 0 atom stereocenters. The lowest BCUT2D eigenvalue weighted by Gasteiger charge is -2.15. The summed E-state index contributed by atoms with van der Waals surface area (Å²) in [5.74, 6) is 0.629. The zero-order chi connectivity index (χ0) is 25.1. The Bertz CT molecular complexity index is 1460. The van der Waals surface area contributed by atoms with Gasteiger partial charge >= 0.3 is 0 Å². The van der Waals surface area contributed by atoms with Crippen molar-refractivity contribution < 1.29 is 9.53 Å². The number of aromatic nitrogens is 4. The number of anilines is 1. The first-order valence-corrected chi connectivity index (χ1v) is 12.4. The van der Waals surface area contributed by atoms with Crippen LogP contribution in [0.4, 0.5) is 5.69 Å². The van der Waals surface area contributed by atoms with E-state index in [-0.39, 0.29) is 23.8 Å². The summed E-state index contributed by atoms with van der Waals surface area (Å²) in [6.07, 6.45) is 0. The molecule has 4 aromatic rings. The Kier molecular flexibility index (Phi) is 7.25. The van der Waals surface area contributed by atoms with E-state index in [0.29, 0.717) is 34.2 Å². The van der Waals surface area contributed by atoms with Gasteiger partial charge in [-0.3, -0.25) is 18.8 Å². The van der Waals surface area contributed by atoms with Crippen LogP contribution in [0.3, 0.4) is 0 Å². The van der Waals surface area contributed by atoms with Gasteiger partial charge in [0.25, 0.3) is 5.56 Å². The lowest BCUT2D eigenvalue weighted by molar-refractivity contribution is -0.113. The number of carbonyl (C=O) groups excluding carboxylic acids is 1. The molecule has 0 aliphatic heterocycles. The third kappa shape index (κ3) is 5.09. The number of ether oxygens (including phenoxy) is 1. The Labute approximate surface area is 208 Å². The molecule has 0 radical (unpaired) electrons. The number of thioether (sulfide) groups is 1. The summed E-state index contributed by atoms with van der Waals surface area (Å²) in [6.45, 7) is 8.54. The molecule has 1 amide bonds. The standard InChI is InChI=1S/C26H29N5O3S/c1-6-31-24-23(18(4)29-31)28-26(30(25(24)33)14-19-9-7-8-10-21(19)34-5)35-15-22(32)27-20-13-16(2)11-12-17(20)3/h7-13H,6,14-15H2,1-5H3,(H,27,32). The van der Waals surface area contributed by atoms with Gasteiger partial charge in [-0.1, -0.05) is 42.1 Å². The van der Waals surface area contributed by atoms with Crippen molar-refractivity contribution in [2.75, 3.05) is 18.2 Å². The van der Waals surface area contributed by atoms with Crippen molar-refractivity contribution in [1.82, 2.24) is 19.3 Å².